The second-order valence-corrected chi connectivity index (χ2v) is 10.1. The molecule has 36 heavy (non-hydrogen) atoms. The molecule has 0 unspecified atom stereocenters. The number of anilines is 2. The molecule has 3 rings (SSSR count). The third kappa shape index (κ3) is 6.55. The number of nitrogens with zero attached hydrogens (tertiary/aromatic N) is 3. The number of carbonyl (C=O) groups excluding carboxylic acids is 1. The Morgan fingerprint density at radius 3 is 2.58 bits per heavy atom. The van der Waals surface area contributed by atoms with Crippen LogP contribution >= 0.6 is 11.6 Å². The number of rotatable bonds is 8. The van der Waals surface area contributed by atoms with Crippen LogP contribution in [0.15, 0.2) is 51.3 Å². The van der Waals surface area contributed by atoms with Crippen LogP contribution in [-0.4, -0.2) is 45.2 Å². The fourth-order valence-corrected chi connectivity index (χ4v) is 4.52. The molecule has 0 saturated carbocycles. The minimum Gasteiger partial charge on any atom is -0.492 e. The second kappa shape index (κ2) is 10.6. The third-order valence-corrected chi connectivity index (χ3v) is 6.40. The molecule has 11 nitrogen and oxygen atoms in total. The first-order valence-corrected chi connectivity index (χ1v) is 12.6. The van der Waals surface area contributed by atoms with E-state index in [0.717, 1.165) is 6.07 Å². The van der Waals surface area contributed by atoms with Crippen molar-refractivity contribution in [1.29, 1.82) is 0 Å². The molecule has 0 fully saturated rings. The minimum absolute atomic E-state index is 0.0958. The third-order valence-electron chi connectivity index (χ3n) is 5.14. The number of aryl methyl sites for hydroxylation is 1. The average Bonchev–Trinajstić information content (AvgIpc) is 2.74. The Balaban J connectivity index is 1.49. The van der Waals surface area contributed by atoms with Crippen molar-refractivity contribution in [3.8, 4) is 5.75 Å². The molecule has 2 amide bonds. The second-order valence-electron chi connectivity index (χ2n) is 8.39. The molecule has 194 valence electrons. The number of ether oxygens (including phenoxy) is 1. The first-order chi connectivity index (χ1) is 16.8. The first kappa shape index (κ1) is 27.0. The number of hydrogen-bond donors (Lipinski definition) is 4. The molecule has 0 spiro atoms. The summed E-state index contributed by atoms with van der Waals surface area (Å²) in [4.78, 5) is 21.6. The van der Waals surface area contributed by atoms with E-state index in [-0.39, 0.29) is 36.3 Å². The van der Waals surface area contributed by atoms with E-state index in [1.165, 1.54) is 19.1 Å². The van der Waals surface area contributed by atoms with Crippen LogP contribution in [0.3, 0.4) is 0 Å². The maximum Gasteiger partial charge on any atom is 0.332 e. The summed E-state index contributed by atoms with van der Waals surface area (Å²) in [5.41, 5.74) is 12.0. The van der Waals surface area contributed by atoms with Crippen molar-refractivity contribution in [1.82, 2.24) is 5.32 Å². The highest BCUT2D eigenvalue weighted by Crippen LogP contribution is 2.33. The van der Waals surface area contributed by atoms with E-state index in [0.29, 0.717) is 22.9 Å². The highest BCUT2D eigenvalue weighted by molar-refractivity contribution is 7.86. The van der Waals surface area contributed by atoms with Crippen LogP contribution in [0.2, 0.25) is 5.02 Å². The van der Waals surface area contributed by atoms with Gasteiger partial charge in [-0.3, -0.25) is 4.90 Å². The molecule has 0 aliphatic carbocycles. The van der Waals surface area contributed by atoms with Gasteiger partial charge >= 0.3 is 16.3 Å². The van der Waals surface area contributed by atoms with Crippen molar-refractivity contribution < 1.29 is 21.8 Å². The molecule has 1 aliphatic heterocycles. The van der Waals surface area contributed by atoms with Gasteiger partial charge in [0.05, 0.1) is 11.6 Å². The van der Waals surface area contributed by atoms with E-state index in [2.05, 4.69) is 20.6 Å². The fourth-order valence-electron chi connectivity index (χ4n) is 3.57. The van der Waals surface area contributed by atoms with Gasteiger partial charge in [-0.05, 0) is 63.1 Å². The SMILES string of the molecule is Cc1ccc(NC(=O)NCCCOc2ccc(N3C(N)=NC(N)=NC3(C)C)cc2Cl)cc1S(=O)(=O)F. The van der Waals surface area contributed by atoms with E-state index in [1.54, 1.807) is 23.1 Å². The minimum atomic E-state index is -4.89. The van der Waals surface area contributed by atoms with E-state index in [4.69, 9.17) is 27.8 Å². The highest BCUT2D eigenvalue weighted by Gasteiger charge is 2.33. The van der Waals surface area contributed by atoms with Crippen LogP contribution in [0.5, 0.6) is 5.75 Å². The Morgan fingerprint density at radius 1 is 1.22 bits per heavy atom. The van der Waals surface area contributed by atoms with Gasteiger partial charge in [-0.2, -0.15) is 13.4 Å². The normalized spacial score (nSPS) is 15.1. The number of urea groups is 1. The van der Waals surface area contributed by atoms with Gasteiger partial charge in [0.2, 0.25) is 11.9 Å². The summed E-state index contributed by atoms with van der Waals surface area (Å²) in [6.45, 7) is 5.65. The number of halogens is 2. The smallest absolute Gasteiger partial charge is 0.332 e. The number of amides is 2. The molecule has 1 aliphatic rings. The molecule has 6 N–H and O–H groups in total. The maximum atomic E-state index is 13.3. The highest BCUT2D eigenvalue weighted by atomic mass is 35.5. The van der Waals surface area contributed by atoms with Crippen LogP contribution < -0.4 is 31.7 Å². The molecule has 0 saturated heterocycles. The van der Waals surface area contributed by atoms with Crippen LogP contribution in [0, 0.1) is 6.92 Å². The molecular weight excluding hydrogens is 513 g/mol. The van der Waals surface area contributed by atoms with Crippen molar-refractivity contribution in [2.24, 2.45) is 21.5 Å². The summed E-state index contributed by atoms with van der Waals surface area (Å²) in [7, 11) is -4.89. The van der Waals surface area contributed by atoms with Gasteiger partial charge in [0, 0.05) is 17.9 Å². The van der Waals surface area contributed by atoms with Gasteiger partial charge in [-0.15, -0.1) is 3.89 Å². The largest absolute Gasteiger partial charge is 0.492 e. The van der Waals surface area contributed by atoms with E-state index in [9.17, 15) is 17.1 Å². The predicted molar refractivity (Wildman–Crippen MR) is 138 cm³/mol. The number of aliphatic imine (C=N–C) groups is 2. The summed E-state index contributed by atoms with van der Waals surface area (Å²) in [6, 6.07) is 8.50. The maximum absolute atomic E-state index is 13.3. The van der Waals surface area contributed by atoms with Crippen molar-refractivity contribution in [2.75, 3.05) is 23.4 Å². The molecule has 2 aromatic carbocycles. The van der Waals surface area contributed by atoms with Gasteiger partial charge in [-0.25, -0.2) is 9.79 Å². The van der Waals surface area contributed by atoms with Crippen LogP contribution in [-0.2, 0) is 10.2 Å². The van der Waals surface area contributed by atoms with E-state index < -0.39 is 26.8 Å². The van der Waals surface area contributed by atoms with Crippen molar-refractivity contribution >= 4 is 51.1 Å². The molecule has 0 atom stereocenters. The lowest BCUT2D eigenvalue weighted by atomic mass is 10.1. The van der Waals surface area contributed by atoms with Crippen LogP contribution in [0.25, 0.3) is 0 Å². The Kier molecular flexibility index (Phi) is 7.94. The van der Waals surface area contributed by atoms with Crippen LogP contribution in [0.1, 0.15) is 25.8 Å². The number of hydrogen-bond acceptors (Lipinski definition) is 9. The zero-order valence-electron chi connectivity index (χ0n) is 19.9. The van der Waals surface area contributed by atoms with Gasteiger partial charge < -0.3 is 26.8 Å². The van der Waals surface area contributed by atoms with E-state index >= 15 is 0 Å². The van der Waals surface area contributed by atoms with Crippen LogP contribution in [0.4, 0.5) is 20.1 Å². The lowest BCUT2D eigenvalue weighted by Gasteiger charge is -2.38. The lowest BCUT2D eigenvalue weighted by Crippen LogP contribution is -2.54. The quantitative estimate of drug-likeness (QED) is 0.295. The zero-order chi connectivity index (χ0) is 26.7. The molecule has 1 heterocycles. The van der Waals surface area contributed by atoms with Gasteiger partial charge in [-0.1, -0.05) is 17.7 Å². The van der Waals surface area contributed by atoms with Crippen molar-refractivity contribution in [2.45, 2.75) is 37.8 Å². The van der Waals surface area contributed by atoms with Gasteiger partial charge in [0.1, 0.15) is 16.3 Å². The van der Waals surface area contributed by atoms with Crippen molar-refractivity contribution in [3.05, 3.63) is 47.0 Å². The lowest BCUT2D eigenvalue weighted by molar-refractivity contribution is 0.250. The summed E-state index contributed by atoms with van der Waals surface area (Å²) in [5, 5.41) is 5.43. The molecular formula is C22H27ClFN7O4S. The Morgan fingerprint density at radius 2 is 1.94 bits per heavy atom. The summed E-state index contributed by atoms with van der Waals surface area (Å²) in [5.74, 6) is 0.728. The standard InChI is InChI=1S/C22H27ClFN7O4S/c1-13-5-6-14(11-18(13)36(24,33)34)28-21(32)27-9-4-10-35-17-8-7-15(12-16(17)23)31-20(26)29-19(25)30-22(31,2)3/h5-8,11-12H,4,9-10H2,1-3H3,(H2,27,28,32)(H4,25,26,29,30). The molecule has 0 aromatic heterocycles. The Labute approximate surface area is 213 Å². The monoisotopic (exact) mass is 539 g/mol. The van der Waals surface area contributed by atoms with Gasteiger partial charge in [0.15, 0.2) is 0 Å². The summed E-state index contributed by atoms with van der Waals surface area (Å²) < 4.78 is 41.4. The molecule has 14 heteroatoms. The Hall–Kier alpha value is -3.58. The number of nitrogens with one attached hydrogen (secondary N) is 2. The fraction of sp³-hybridized carbons (Fsp3) is 0.318. The average molecular weight is 540 g/mol. The first-order valence-electron chi connectivity index (χ1n) is 10.8. The Bertz CT molecular complexity index is 1330. The topological polar surface area (TPSA) is 164 Å². The predicted octanol–water partition coefficient (Wildman–Crippen LogP) is 3.08. The molecule has 0 bridgehead atoms. The van der Waals surface area contributed by atoms with Crippen molar-refractivity contribution in [3.63, 3.8) is 0 Å². The summed E-state index contributed by atoms with van der Waals surface area (Å²) in [6.07, 6.45) is 0.455. The summed E-state index contributed by atoms with van der Waals surface area (Å²) >= 11 is 6.39. The zero-order valence-corrected chi connectivity index (χ0v) is 21.5. The van der Waals surface area contributed by atoms with E-state index in [1.807, 2.05) is 13.8 Å². The molecule has 2 aromatic rings. The number of carbonyl (C=O) groups is 1. The number of guanidine groups is 2. The number of benzene rings is 2. The number of nitrogens with two attached hydrogens (primary N) is 2. The molecule has 0 radical (unpaired) electrons. The van der Waals surface area contributed by atoms with Gasteiger partial charge in [0.25, 0.3) is 0 Å².